The Bertz CT molecular complexity index is 146. The van der Waals surface area contributed by atoms with E-state index in [1.54, 1.807) is 7.11 Å². The predicted molar refractivity (Wildman–Crippen MR) is 54.5 cm³/mol. The molecule has 0 aromatic heterocycles. The average molecular weight is 203 g/mol. The van der Waals surface area contributed by atoms with E-state index in [1.165, 1.54) is 0 Å². The van der Waals surface area contributed by atoms with Crippen LogP contribution in [-0.2, 0) is 14.2 Å². The van der Waals surface area contributed by atoms with Crippen molar-refractivity contribution < 1.29 is 14.2 Å². The molecule has 1 heterocycles. The molecule has 0 aromatic carbocycles. The number of hydrogen-bond acceptors (Lipinski definition) is 4. The first-order valence-electron chi connectivity index (χ1n) is 5.24. The zero-order valence-corrected chi connectivity index (χ0v) is 9.17. The highest BCUT2D eigenvalue weighted by Gasteiger charge is 2.34. The van der Waals surface area contributed by atoms with Crippen LogP contribution in [0, 0.1) is 0 Å². The van der Waals surface area contributed by atoms with Crippen molar-refractivity contribution in [3.05, 3.63) is 0 Å². The summed E-state index contributed by atoms with van der Waals surface area (Å²) in [5.74, 6) is 0. The van der Waals surface area contributed by atoms with Crippen LogP contribution in [0.15, 0.2) is 0 Å². The van der Waals surface area contributed by atoms with Gasteiger partial charge in [0.05, 0.1) is 13.2 Å². The van der Waals surface area contributed by atoms with Crippen LogP contribution in [-0.4, -0.2) is 52.2 Å². The third kappa shape index (κ3) is 3.53. The molecular weight excluding hydrogens is 182 g/mol. The molecular formula is C10H21NO3. The van der Waals surface area contributed by atoms with Crippen LogP contribution < -0.4 is 5.32 Å². The lowest BCUT2D eigenvalue weighted by Crippen LogP contribution is -2.43. The molecule has 4 heteroatoms. The van der Waals surface area contributed by atoms with E-state index in [0.717, 1.165) is 39.3 Å². The fourth-order valence-electron chi connectivity index (χ4n) is 1.57. The Labute approximate surface area is 85.9 Å². The van der Waals surface area contributed by atoms with Crippen LogP contribution in [0.2, 0.25) is 0 Å². The van der Waals surface area contributed by atoms with Crippen LogP contribution in [0.5, 0.6) is 0 Å². The largest absolute Gasteiger partial charge is 0.380 e. The van der Waals surface area contributed by atoms with Gasteiger partial charge >= 0.3 is 0 Å². The molecule has 0 saturated carbocycles. The molecule has 0 radical (unpaired) electrons. The average Bonchev–Trinajstić information content (AvgIpc) is 2.67. The van der Waals surface area contributed by atoms with Crippen molar-refractivity contribution in [2.75, 3.05) is 46.6 Å². The SMILES string of the molecule is CCOCCNCC1(OC)CCOC1. The van der Waals surface area contributed by atoms with Crippen LogP contribution >= 0.6 is 0 Å². The van der Waals surface area contributed by atoms with Gasteiger partial charge in [0.2, 0.25) is 0 Å². The maximum atomic E-state index is 5.48. The summed E-state index contributed by atoms with van der Waals surface area (Å²) in [6, 6.07) is 0. The Kier molecular flexibility index (Phi) is 5.40. The standard InChI is InChI=1S/C10H21NO3/c1-3-13-7-5-11-8-10(12-2)4-6-14-9-10/h11H,3-9H2,1-2H3. The summed E-state index contributed by atoms with van der Waals surface area (Å²) in [6.07, 6.45) is 0.977. The molecule has 84 valence electrons. The van der Waals surface area contributed by atoms with E-state index in [1.807, 2.05) is 6.92 Å². The van der Waals surface area contributed by atoms with Gasteiger partial charge in [-0.25, -0.2) is 0 Å². The van der Waals surface area contributed by atoms with Crippen LogP contribution in [0.25, 0.3) is 0 Å². The first kappa shape index (κ1) is 11.9. The molecule has 1 atom stereocenters. The van der Waals surface area contributed by atoms with Gasteiger partial charge in [-0.05, 0) is 6.92 Å². The minimum atomic E-state index is -0.105. The number of ether oxygens (including phenoxy) is 3. The molecule has 0 aliphatic carbocycles. The predicted octanol–water partition coefficient (Wildman–Crippen LogP) is 0.418. The maximum absolute atomic E-state index is 5.48. The summed E-state index contributed by atoms with van der Waals surface area (Å²) in [6.45, 7) is 6.76. The van der Waals surface area contributed by atoms with Crippen molar-refractivity contribution in [2.45, 2.75) is 18.9 Å². The molecule has 4 nitrogen and oxygen atoms in total. The zero-order valence-electron chi connectivity index (χ0n) is 9.17. The highest BCUT2D eigenvalue weighted by atomic mass is 16.5. The molecule has 1 unspecified atom stereocenters. The summed E-state index contributed by atoms with van der Waals surface area (Å²) < 4.78 is 16.0. The van der Waals surface area contributed by atoms with Gasteiger partial charge in [-0.3, -0.25) is 0 Å². The molecule has 0 amide bonds. The Morgan fingerprint density at radius 3 is 2.93 bits per heavy atom. The van der Waals surface area contributed by atoms with E-state index in [2.05, 4.69) is 5.32 Å². The molecule has 1 N–H and O–H groups in total. The van der Waals surface area contributed by atoms with E-state index in [0.29, 0.717) is 6.61 Å². The molecule has 0 aromatic rings. The Balaban J connectivity index is 2.08. The second-order valence-corrected chi connectivity index (χ2v) is 3.56. The molecule has 0 bridgehead atoms. The number of hydrogen-bond donors (Lipinski definition) is 1. The van der Waals surface area contributed by atoms with Gasteiger partial charge in [-0.15, -0.1) is 0 Å². The van der Waals surface area contributed by atoms with Gasteiger partial charge in [0, 0.05) is 39.8 Å². The lowest BCUT2D eigenvalue weighted by Gasteiger charge is -2.25. The monoisotopic (exact) mass is 203 g/mol. The fourth-order valence-corrected chi connectivity index (χ4v) is 1.57. The molecule has 1 aliphatic heterocycles. The van der Waals surface area contributed by atoms with E-state index in [4.69, 9.17) is 14.2 Å². The Hall–Kier alpha value is -0.160. The quantitative estimate of drug-likeness (QED) is 0.609. The van der Waals surface area contributed by atoms with E-state index < -0.39 is 0 Å². The summed E-state index contributed by atoms with van der Waals surface area (Å²) in [5.41, 5.74) is -0.105. The number of nitrogens with one attached hydrogen (secondary N) is 1. The molecule has 1 fully saturated rings. The minimum Gasteiger partial charge on any atom is -0.380 e. The molecule has 14 heavy (non-hydrogen) atoms. The van der Waals surface area contributed by atoms with Crippen LogP contribution in [0.4, 0.5) is 0 Å². The van der Waals surface area contributed by atoms with Crippen molar-refractivity contribution in [1.82, 2.24) is 5.32 Å². The summed E-state index contributed by atoms with van der Waals surface area (Å²) in [7, 11) is 1.75. The van der Waals surface area contributed by atoms with Crippen molar-refractivity contribution in [2.24, 2.45) is 0 Å². The Morgan fingerprint density at radius 2 is 2.36 bits per heavy atom. The van der Waals surface area contributed by atoms with Crippen LogP contribution in [0.3, 0.4) is 0 Å². The van der Waals surface area contributed by atoms with E-state index in [9.17, 15) is 0 Å². The molecule has 1 rings (SSSR count). The van der Waals surface area contributed by atoms with Gasteiger partial charge in [0.25, 0.3) is 0 Å². The second kappa shape index (κ2) is 6.35. The summed E-state index contributed by atoms with van der Waals surface area (Å²) in [5, 5.41) is 3.32. The number of methoxy groups -OCH3 is 1. The minimum absolute atomic E-state index is 0.105. The van der Waals surface area contributed by atoms with Crippen LogP contribution in [0.1, 0.15) is 13.3 Å². The number of rotatable bonds is 7. The topological polar surface area (TPSA) is 39.7 Å². The Morgan fingerprint density at radius 1 is 1.50 bits per heavy atom. The van der Waals surface area contributed by atoms with Crippen molar-refractivity contribution >= 4 is 0 Å². The molecule has 0 spiro atoms. The van der Waals surface area contributed by atoms with Crippen molar-refractivity contribution in [3.8, 4) is 0 Å². The molecule has 1 saturated heterocycles. The second-order valence-electron chi connectivity index (χ2n) is 3.56. The third-order valence-corrected chi connectivity index (χ3v) is 2.57. The molecule has 1 aliphatic rings. The highest BCUT2D eigenvalue weighted by molar-refractivity contribution is 4.86. The maximum Gasteiger partial charge on any atom is 0.106 e. The normalized spacial score (nSPS) is 27.0. The lowest BCUT2D eigenvalue weighted by molar-refractivity contribution is -0.0166. The lowest BCUT2D eigenvalue weighted by atomic mass is 10.0. The van der Waals surface area contributed by atoms with Gasteiger partial charge in [-0.2, -0.15) is 0 Å². The van der Waals surface area contributed by atoms with Gasteiger partial charge in [0.15, 0.2) is 0 Å². The van der Waals surface area contributed by atoms with Crippen molar-refractivity contribution in [1.29, 1.82) is 0 Å². The van der Waals surface area contributed by atoms with Crippen molar-refractivity contribution in [3.63, 3.8) is 0 Å². The van der Waals surface area contributed by atoms with Gasteiger partial charge < -0.3 is 19.5 Å². The van der Waals surface area contributed by atoms with Gasteiger partial charge in [0.1, 0.15) is 5.60 Å². The zero-order chi connectivity index (χ0) is 10.3. The fraction of sp³-hybridized carbons (Fsp3) is 1.00. The first-order valence-corrected chi connectivity index (χ1v) is 5.24. The first-order chi connectivity index (χ1) is 6.83. The smallest absolute Gasteiger partial charge is 0.106 e. The van der Waals surface area contributed by atoms with E-state index >= 15 is 0 Å². The van der Waals surface area contributed by atoms with E-state index in [-0.39, 0.29) is 5.60 Å². The van der Waals surface area contributed by atoms with Gasteiger partial charge in [-0.1, -0.05) is 0 Å². The highest BCUT2D eigenvalue weighted by Crippen LogP contribution is 2.21. The summed E-state index contributed by atoms with van der Waals surface area (Å²) in [4.78, 5) is 0. The summed E-state index contributed by atoms with van der Waals surface area (Å²) >= 11 is 0. The third-order valence-electron chi connectivity index (χ3n) is 2.57.